The van der Waals surface area contributed by atoms with Crippen molar-refractivity contribution in [2.24, 2.45) is 0 Å². The van der Waals surface area contributed by atoms with Crippen molar-refractivity contribution in [2.45, 2.75) is 32.2 Å². The molecule has 0 aliphatic carbocycles. The number of carbonyl (C=O) groups is 1. The quantitative estimate of drug-likeness (QED) is 0.718. The Balaban J connectivity index is 1.60. The Morgan fingerprint density at radius 1 is 0.889 bits per heavy atom. The van der Waals surface area contributed by atoms with E-state index in [0.717, 1.165) is 42.3 Å². The summed E-state index contributed by atoms with van der Waals surface area (Å²) < 4.78 is 1.29. The molecule has 0 saturated carbocycles. The maximum Gasteiger partial charge on any atom is 0.267 e. The van der Waals surface area contributed by atoms with Gasteiger partial charge in [0.1, 0.15) is 6.54 Å². The average Bonchev–Trinajstić information content (AvgIpc) is 2.99. The number of hydrogen-bond acceptors (Lipinski definition) is 3. The Kier molecular flexibility index (Phi) is 5.01. The van der Waals surface area contributed by atoms with Gasteiger partial charge in [0.15, 0.2) is 0 Å². The van der Waals surface area contributed by atoms with Crippen LogP contribution in [0.3, 0.4) is 0 Å². The van der Waals surface area contributed by atoms with Gasteiger partial charge in [0.05, 0.1) is 5.69 Å². The van der Waals surface area contributed by atoms with Crippen LogP contribution < -0.4 is 5.56 Å². The van der Waals surface area contributed by atoms with Gasteiger partial charge in [-0.3, -0.25) is 9.59 Å². The van der Waals surface area contributed by atoms with E-state index in [4.69, 9.17) is 0 Å². The number of hydrogen-bond donors (Lipinski definition) is 0. The average molecular weight is 361 g/mol. The van der Waals surface area contributed by atoms with Crippen LogP contribution in [-0.2, 0) is 11.3 Å². The molecule has 1 aliphatic rings. The zero-order valence-corrected chi connectivity index (χ0v) is 15.3. The third-order valence-electron chi connectivity index (χ3n) is 5.16. The number of nitrogens with zero attached hydrogens (tertiary/aromatic N) is 3. The molecule has 4 rings (SSSR count). The van der Waals surface area contributed by atoms with Crippen LogP contribution in [-0.4, -0.2) is 33.7 Å². The zero-order valence-electron chi connectivity index (χ0n) is 15.3. The number of benzene rings is 2. The topological polar surface area (TPSA) is 55.2 Å². The van der Waals surface area contributed by atoms with Gasteiger partial charge in [-0.25, -0.2) is 4.68 Å². The third kappa shape index (κ3) is 3.92. The Bertz CT molecular complexity index is 1020. The molecule has 0 unspecified atom stereocenters. The Hall–Kier alpha value is -2.95. The third-order valence-corrected chi connectivity index (χ3v) is 5.16. The second-order valence-corrected chi connectivity index (χ2v) is 7.07. The normalized spacial score (nSPS) is 14.9. The fourth-order valence-electron chi connectivity index (χ4n) is 3.61. The van der Waals surface area contributed by atoms with E-state index in [2.05, 4.69) is 23.3 Å². The first kappa shape index (κ1) is 17.5. The van der Waals surface area contributed by atoms with E-state index in [0.29, 0.717) is 5.69 Å². The zero-order chi connectivity index (χ0) is 18.6. The van der Waals surface area contributed by atoms with Crippen LogP contribution in [0.1, 0.15) is 25.7 Å². The fourth-order valence-corrected chi connectivity index (χ4v) is 3.61. The predicted octanol–water partition coefficient (Wildman–Crippen LogP) is 3.47. The fraction of sp³-hybridized carbons (Fsp3) is 0.318. The summed E-state index contributed by atoms with van der Waals surface area (Å²) in [5, 5.41) is 6.74. The van der Waals surface area contributed by atoms with Gasteiger partial charge in [-0.1, -0.05) is 49.2 Å². The molecule has 0 bridgehead atoms. The van der Waals surface area contributed by atoms with E-state index in [1.54, 1.807) is 6.07 Å². The van der Waals surface area contributed by atoms with Crippen LogP contribution in [0.5, 0.6) is 0 Å². The SMILES string of the molecule is O=C(Cn1nc(-c2ccc3ccccc3c2)ccc1=O)N1CCCCCC1. The molecule has 1 fully saturated rings. The highest BCUT2D eigenvalue weighted by Gasteiger charge is 2.17. The highest BCUT2D eigenvalue weighted by molar-refractivity contribution is 5.86. The van der Waals surface area contributed by atoms with E-state index >= 15 is 0 Å². The first-order valence-corrected chi connectivity index (χ1v) is 9.56. The summed E-state index contributed by atoms with van der Waals surface area (Å²) in [5.41, 5.74) is 1.39. The summed E-state index contributed by atoms with van der Waals surface area (Å²) in [6, 6.07) is 17.4. The highest BCUT2D eigenvalue weighted by Crippen LogP contribution is 2.22. The molecule has 27 heavy (non-hydrogen) atoms. The van der Waals surface area contributed by atoms with Gasteiger partial charge in [0.25, 0.3) is 5.56 Å². The van der Waals surface area contributed by atoms with Gasteiger partial charge in [-0.15, -0.1) is 0 Å². The number of likely N-dealkylation sites (tertiary alicyclic amines) is 1. The number of amides is 1. The van der Waals surface area contributed by atoms with Gasteiger partial charge in [0, 0.05) is 24.7 Å². The van der Waals surface area contributed by atoms with Crippen LogP contribution in [0.2, 0.25) is 0 Å². The monoisotopic (exact) mass is 361 g/mol. The molecule has 5 nitrogen and oxygen atoms in total. The molecule has 0 N–H and O–H groups in total. The molecule has 1 amide bonds. The summed E-state index contributed by atoms with van der Waals surface area (Å²) in [6.45, 7) is 1.55. The molecule has 138 valence electrons. The molecule has 2 aromatic carbocycles. The van der Waals surface area contributed by atoms with Crippen LogP contribution >= 0.6 is 0 Å². The number of rotatable bonds is 3. The summed E-state index contributed by atoms with van der Waals surface area (Å²) in [7, 11) is 0. The minimum absolute atomic E-state index is 0.000253. The van der Waals surface area contributed by atoms with Crippen LogP contribution in [0.25, 0.3) is 22.0 Å². The Morgan fingerprint density at radius 2 is 1.63 bits per heavy atom. The second-order valence-electron chi connectivity index (χ2n) is 7.07. The minimum atomic E-state index is -0.247. The van der Waals surface area contributed by atoms with Gasteiger partial charge in [0.2, 0.25) is 5.91 Å². The molecule has 2 heterocycles. The standard InChI is InChI=1S/C22H23N3O2/c26-21-12-11-20(19-10-9-17-7-3-4-8-18(17)15-19)23-25(21)16-22(27)24-13-5-1-2-6-14-24/h3-4,7-12,15H,1-2,5-6,13-14,16H2. The van der Waals surface area contributed by atoms with E-state index < -0.39 is 0 Å². The Morgan fingerprint density at radius 3 is 2.41 bits per heavy atom. The molecular weight excluding hydrogens is 338 g/mol. The largest absolute Gasteiger partial charge is 0.341 e. The number of fused-ring (bicyclic) bond motifs is 1. The van der Waals surface area contributed by atoms with Crippen LogP contribution in [0.4, 0.5) is 0 Å². The van der Waals surface area contributed by atoms with Gasteiger partial charge in [-0.05, 0) is 35.7 Å². The maximum absolute atomic E-state index is 12.6. The molecule has 1 aromatic heterocycles. The molecule has 0 spiro atoms. The molecular formula is C22H23N3O2. The lowest BCUT2D eigenvalue weighted by Crippen LogP contribution is -2.37. The number of aromatic nitrogens is 2. The van der Waals surface area contributed by atoms with Crippen molar-refractivity contribution < 1.29 is 4.79 Å². The van der Waals surface area contributed by atoms with E-state index in [-0.39, 0.29) is 18.0 Å². The van der Waals surface area contributed by atoms with Crippen LogP contribution in [0.15, 0.2) is 59.4 Å². The summed E-state index contributed by atoms with van der Waals surface area (Å²) in [5.74, 6) is -0.0258. The number of carbonyl (C=O) groups excluding carboxylic acids is 1. The lowest BCUT2D eigenvalue weighted by atomic mass is 10.1. The molecule has 3 aromatic rings. The first-order chi connectivity index (χ1) is 13.2. The van der Waals surface area contributed by atoms with Gasteiger partial charge in [-0.2, -0.15) is 5.10 Å². The van der Waals surface area contributed by atoms with Crippen molar-refractivity contribution in [3.8, 4) is 11.3 Å². The maximum atomic E-state index is 12.6. The smallest absolute Gasteiger partial charge is 0.267 e. The van der Waals surface area contributed by atoms with Crippen molar-refractivity contribution in [3.63, 3.8) is 0 Å². The van der Waals surface area contributed by atoms with Crippen LogP contribution in [0, 0.1) is 0 Å². The van der Waals surface area contributed by atoms with Gasteiger partial charge >= 0.3 is 0 Å². The second kappa shape index (κ2) is 7.74. The predicted molar refractivity (Wildman–Crippen MR) is 106 cm³/mol. The minimum Gasteiger partial charge on any atom is -0.341 e. The van der Waals surface area contributed by atoms with E-state index in [9.17, 15) is 9.59 Å². The van der Waals surface area contributed by atoms with Crippen molar-refractivity contribution in [3.05, 3.63) is 65.0 Å². The molecule has 1 aliphatic heterocycles. The Labute approximate surface area is 158 Å². The van der Waals surface area contributed by atoms with E-state index in [1.165, 1.54) is 23.6 Å². The molecule has 1 saturated heterocycles. The molecule has 0 radical (unpaired) electrons. The summed E-state index contributed by atoms with van der Waals surface area (Å²) >= 11 is 0. The highest BCUT2D eigenvalue weighted by atomic mass is 16.2. The van der Waals surface area contributed by atoms with E-state index in [1.807, 2.05) is 29.2 Å². The lowest BCUT2D eigenvalue weighted by Gasteiger charge is -2.20. The molecule has 0 atom stereocenters. The van der Waals surface area contributed by atoms with Gasteiger partial charge < -0.3 is 4.90 Å². The lowest BCUT2D eigenvalue weighted by molar-refractivity contribution is -0.132. The summed E-state index contributed by atoms with van der Waals surface area (Å²) in [6.07, 6.45) is 4.40. The van der Waals surface area contributed by atoms with Crippen molar-refractivity contribution in [1.82, 2.24) is 14.7 Å². The first-order valence-electron chi connectivity index (χ1n) is 9.56. The van der Waals surface area contributed by atoms with Crippen molar-refractivity contribution in [1.29, 1.82) is 0 Å². The summed E-state index contributed by atoms with van der Waals surface area (Å²) in [4.78, 5) is 26.7. The van der Waals surface area contributed by atoms with Crippen molar-refractivity contribution >= 4 is 16.7 Å². The van der Waals surface area contributed by atoms with Crippen molar-refractivity contribution in [2.75, 3.05) is 13.1 Å². The molecule has 5 heteroatoms.